The van der Waals surface area contributed by atoms with E-state index in [0.29, 0.717) is 6.42 Å². The zero-order valence-electron chi connectivity index (χ0n) is 12.5. The summed E-state index contributed by atoms with van der Waals surface area (Å²) in [5.74, 6) is 0. The lowest BCUT2D eigenvalue weighted by Crippen LogP contribution is -2.03. The Balaban J connectivity index is 2.16. The summed E-state index contributed by atoms with van der Waals surface area (Å²) in [5.41, 5.74) is 4.22. The number of hydrogen-bond donors (Lipinski definition) is 1. The molecule has 2 aromatic rings. The van der Waals surface area contributed by atoms with Gasteiger partial charge in [0.1, 0.15) is 0 Å². The van der Waals surface area contributed by atoms with Crippen LogP contribution < -0.4 is 0 Å². The van der Waals surface area contributed by atoms with Crippen molar-refractivity contribution >= 4 is 9.84 Å². The van der Waals surface area contributed by atoms with Crippen LogP contribution in [0.15, 0.2) is 47.4 Å². The van der Waals surface area contributed by atoms with E-state index in [1.54, 1.807) is 12.1 Å². The maximum atomic E-state index is 11.4. The third-order valence-electron chi connectivity index (χ3n) is 3.69. The summed E-state index contributed by atoms with van der Waals surface area (Å²) in [6.07, 6.45) is 1.05. The molecule has 1 atom stereocenters. The molecule has 2 rings (SSSR count). The lowest BCUT2D eigenvalue weighted by Gasteiger charge is -2.13. The van der Waals surface area contributed by atoms with Crippen molar-refractivity contribution < 1.29 is 13.5 Å². The van der Waals surface area contributed by atoms with Crippen LogP contribution in [-0.2, 0) is 16.3 Å². The van der Waals surface area contributed by atoms with Gasteiger partial charge in [0.2, 0.25) is 0 Å². The highest BCUT2D eigenvalue weighted by Crippen LogP contribution is 2.21. The van der Waals surface area contributed by atoms with Gasteiger partial charge in [0.15, 0.2) is 9.84 Å². The van der Waals surface area contributed by atoms with Crippen LogP contribution in [0.25, 0.3) is 0 Å². The van der Waals surface area contributed by atoms with Gasteiger partial charge in [-0.25, -0.2) is 8.42 Å². The van der Waals surface area contributed by atoms with Crippen molar-refractivity contribution in [3.05, 3.63) is 64.7 Å². The normalized spacial score (nSPS) is 13.1. The average molecular weight is 304 g/mol. The number of sulfone groups is 1. The standard InChI is InChI=1S/C17H20O3S/c1-12-4-5-14(10-13(12)2)11-17(18)15-6-8-16(9-7-15)21(3,19)20/h4-10,17-18H,11H2,1-3H3. The van der Waals surface area contributed by atoms with Crippen LogP contribution in [0, 0.1) is 13.8 Å². The van der Waals surface area contributed by atoms with Gasteiger partial charge in [0.05, 0.1) is 11.0 Å². The van der Waals surface area contributed by atoms with E-state index < -0.39 is 15.9 Å². The second-order valence-corrected chi connectivity index (χ2v) is 7.50. The molecular formula is C17H20O3S. The second kappa shape index (κ2) is 6.00. The molecule has 0 radical (unpaired) electrons. The van der Waals surface area contributed by atoms with Crippen LogP contribution in [0.3, 0.4) is 0 Å². The first-order chi connectivity index (χ1) is 9.77. The Hall–Kier alpha value is -1.65. The fourth-order valence-corrected chi connectivity index (χ4v) is 2.84. The summed E-state index contributed by atoms with van der Waals surface area (Å²) >= 11 is 0. The number of benzene rings is 2. The summed E-state index contributed by atoms with van der Waals surface area (Å²) in [4.78, 5) is 0.268. The predicted molar refractivity (Wildman–Crippen MR) is 84.1 cm³/mol. The van der Waals surface area contributed by atoms with Crippen molar-refractivity contribution in [3.8, 4) is 0 Å². The fourth-order valence-electron chi connectivity index (χ4n) is 2.21. The molecule has 4 heteroatoms. The van der Waals surface area contributed by atoms with Gasteiger partial charge in [-0.3, -0.25) is 0 Å². The molecule has 0 aliphatic rings. The first-order valence-electron chi connectivity index (χ1n) is 6.81. The van der Waals surface area contributed by atoms with Crippen LogP contribution in [0.4, 0.5) is 0 Å². The number of hydrogen-bond acceptors (Lipinski definition) is 3. The predicted octanol–water partition coefficient (Wildman–Crippen LogP) is 2.98. The molecule has 0 aliphatic carbocycles. The van der Waals surface area contributed by atoms with Crippen molar-refractivity contribution in [1.29, 1.82) is 0 Å². The van der Waals surface area contributed by atoms with Crippen molar-refractivity contribution in [1.82, 2.24) is 0 Å². The van der Waals surface area contributed by atoms with E-state index in [2.05, 4.69) is 13.0 Å². The van der Waals surface area contributed by atoms with Crippen molar-refractivity contribution in [2.45, 2.75) is 31.3 Å². The zero-order chi connectivity index (χ0) is 15.6. The molecule has 0 saturated carbocycles. The molecule has 0 fully saturated rings. The molecular weight excluding hydrogens is 284 g/mol. The number of rotatable bonds is 4. The van der Waals surface area contributed by atoms with Gasteiger partial charge in [-0.15, -0.1) is 0 Å². The van der Waals surface area contributed by atoms with Crippen LogP contribution in [0.2, 0.25) is 0 Å². The van der Waals surface area contributed by atoms with Gasteiger partial charge in [-0.2, -0.15) is 0 Å². The third kappa shape index (κ3) is 3.93. The first kappa shape index (κ1) is 15.7. The van der Waals surface area contributed by atoms with Gasteiger partial charge in [-0.05, 0) is 48.2 Å². The molecule has 0 saturated heterocycles. The number of aryl methyl sites for hydroxylation is 2. The van der Waals surface area contributed by atoms with Crippen molar-refractivity contribution in [2.24, 2.45) is 0 Å². The molecule has 0 aliphatic heterocycles. The Morgan fingerprint density at radius 2 is 1.62 bits per heavy atom. The van der Waals surface area contributed by atoms with E-state index in [-0.39, 0.29) is 4.90 Å². The number of aliphatic hydroxyl groups excluding tert-OH is 1. The Morgan fingerprint density at radius 3 is 2.14 bits per heavy atom. The molecule has 0 amide bonds. The van der Waals surface area contributed by atoms with Gasteiger partial charge < -0.3 is 5.11 Å². The van der Waals surface area contributed by atoms with Crippen molar-refractivity contribution in [3.63, 3.8) is 0 Å². The molecule has 1 N–H and O–H groups in total. The second-order valence-electron chi connectivity index (χ2n) is 5.48. The summed E-state index contributed by atoms with van der Waals surface area (Å²) in [6, 6.07) is 12.5. The largest absolute Gasteiger partial charge is 0.388 e. The summed E-state index contributed by atoms with van der Waals surface area (Å²) in [5, 5.41) is 10.3. The van der Waals surface area contributed by atoms with Crippen LogP contribution >= 0.6 is 0 Å². The first-order valence-corrected chi connectivity index (χ1v) is 8.71. The molecule has 0 heterocycles. The molecule has 21 heavy (non-hydrogen) atoms. The van der Waals surface area contributed by atoms with E-state index >= 15 is 0 Å². The summed E-state index contributed by atoms with van der Waals surface area (Å²) in [6.45, 7) is 4.10. The molecule has 112 valence electrons. The molecule has 2 aromatic carbocycles. The Morgan fingerprint density at radius 1 is 1.00 bits per heavy atom. The van der Waals surface area contributed by atoms with Crippen LogP contribution in [-0.4, -0.2) is 19.8 Å². The van der Waals surface area contributed by atoms with E-state index in [1.807, 2.05) is 19.1 Å². The third-order valence-corrected chi connectivity index (χ3v) is 4.82. The van der Waals surface area contributed by atoms with E-state index in [9.17, 15) is 13.5 Å². The molecule has 1 unspecified atom stereocenters. The van der Waals surface area contributed by atoms with Gasteiger partial charge >= 0.3 is 0 Å². The van der Waals surface area contributed by atoms with E-state index in [1.165, 1.54) is 29.5 Å². The summed E-state index contributed by atoms with van der Waals surface area (Å²) < 4.78 is 22.8. The minimum Gasteiger partial charge on any atom is -0.388 e. The van der Waals surface area contributed by atoms with Crippen molar-refractivity contribution in [2.75, 3.05) is 6.26 Å². The minimum atomic E-state index is -3.20. The highest BCUT2D eigenvalue weighted by Gasteiger charge is 2.11. The maximum Gasteiger partial charge on any atom is 0.175 e. The smallest absolute Gasteiger partial charge is 0.175 e. The molecule has 3 nitrogen and oxygen atoms in total. The van der Waals surface area contributed by atoms with E-state index in [0.717, 1.165) is 11.1 Å². The quantitative estimate of drug-likeness (QED) is 0.944. The highest BCUT2D eigenvalue weighted by atomic mass is 32.2. The Kier molecular flexibility index (Phi) is 4.49. The fraction of sp³-hybridized carbons (Fsp3) is 0.294. The lowest BCUT2D eigenvalue weighted by molar-refractivity contribution is 0.178. The van der Waals surface area contributed by atoms with Gasteiger partial charge in [-0.1, -0.05) is 30.3 Å². The Labute approximate surface area is 126 Å². The molecule has 0 bridgehead atoms. The zero-order valence-corrected chi connectivity index (χ0v) is 13.3. The lowest BCUT2D eigenvalue weighted by atomic mass is 9.98. The molecule has 0 aromatic heterocycles. The molecule has 0 spiro atoms. The minimum absolute atomic E-state index is 0.268. The number of aliphatic hydroxyl groups is 1. The van der Waals surface area contributed by atoms with Gasteiger partial charge in [0.25, 0.3) is 0 Å². The maximum absolute atomic E-state index is 11.4. The average Bonchev–Trinajstić information content (AvgIpc) is 2.42. The van der Waals surface area contributed by atoms with Crippen LogP contribution in [0.1, 0.15) is 28.4 Å². The summed E-state index contributed by atoms with van der Waals surface area (Å²) in [7, 11) is -3.20. The topological polar surface area (TPSA) is 54.4 Å². The highest BCUT2D eigenvalue weighted by molar-refractivity contribution is 7.90. The SMILES string of the molecule is Cc1ccc(CC(O)c2ccc(S(C)(=O)=O)cc2)cc1C. The monoisotopic (exact) mass is 304 g/mol. The van der Waals surface area contributed by atoms with Crippen LogP contribution in [0.5, 0.6) is 0 Å². The van der Waals surface area contributed by atoms with E-state index in [4.69, 9.17) is 0 Å². The Bertz CT molecular complexity index is 731. The van der Waals surface area contributed by atoms with Gasteiger partial charge in [0, 0.05) is 12.7 Å².